The fourth-order valence-corrected chi connectivity index (χ4v) is 1.91. The van der Waals surface area contributed by atoms with E-state index in [1.807, 2.05) is 0 Å². The molecule has 1 fully saturated rings. The Kier molecular flexibility index (Phi) is 3.62. The van der Waals surface area contributed by atoms with Crippen LogP contribution in [0.2, 0.25) is 0 Å². The van der Waals surface area contributed by atoms with Gasteiger partial charge in [0.05, 0.1) is 11.5 Å². The van der Waals surface area contributed by atoms with E-state index < -0.39 is 17.8 Å². The molecule has 1 heterocycles. The minimum atomic E-state index is -4.44. The molecule has 0 aliphatic carbocycles. The number of nitrogens with zero attached hydrogens (tertiary/aromatic N) is 1. The fourth-order valence-electron chi connectivity index (χ4n) is 1.91. The summed E-state index contributed by atoms with van der Waals surface area (Å²) < 4.78 is 38.6. The molecule has 0 unspecified atom stereocenters. The number of benzene rings is 1. The first-order valence-corrected chi connectivity index (χ1v) is 5.94. The van der Waals surface area contributed by atoms with Crippen LogP contribution in [-0.4, -0.2) is 29.2 Å². The highest BCUT2D eigenvalue weighted by Crippen LogP contribution is 2.32. The second-order valence-corrected chi connectivity index (χ2v) is 4.70. The molecule has 0 saturated carbocycles. The lowest BCUT2D eigenvalue weighted by Gasteiger charge is -2.33. The van der Waals surface area contributed by atoms with Crippen molar-refractivity contribution in [1.29, 1.82) is 0 Å². The Hall–Kier alpha value is -2.16. The van der Waals surface area contributed by atoms with Crippen molar-refractivity contribution in [2.75, 3.05) is 13.1 Å². The minimum Gasteiger partial charge on any atom is -0.465 e. The molecule has 1 amide bonds. The van der Waals surface area contributed by atoms with Crippen LogP contribution in [0.5, 0.6) is 0 Å². The summed E-state index contributed by atoms with van der Waals surface area (Å²) in [5, 5.41) is 8.65. The summed E-state index contributed by atoms with van der Waals surface area (Å²) in [5.41, 5.74) is -0.306. The van der Waals surface area contributed by atoms with Crippen molar-refractivity contribution < 1.29 is 23.1 Å². The van der Waals surface area contributed by atoms with Crippen molar-refractivity contribution in [3.63, 3.8) is 0 Å². The van der Waals surface area contributed by atoms with Crippen LogP contribution >= 0.6 is 0 Å². The molecule has 0 spiro atoms. The maximum absolute atomic E-state index is 12.9. The first kappa shape index (κ1) is 14.3. The molecule has 3 nitrogen and oxygen atoms in total. The van der Waals surface area contributed by atoms with Gasteiger partial charge in [0.1, 0.15) is 0 Å². The van der Waals surface area contributed by atoms with Crippen LogP contribution < -0.4 is 0 Å². The Labute approximate surface area is 114 Å². The van der Waals surface area contributed by atoms with Crippen LogP contribution in [-0.2, 0) is 6.18 Å². The Morgan fingerprint density at radius 2 is 2.05 bits per heavy atom. The van der Waals surface area contributed by atoms with Crippen LogP contribution in [0, 0.1) is 24.7 Å². The number of hydrogen-bond donors (Lipinski definition) is 1. The molecule has 20 heavy (non-hydrogen) atoms. The largest absolute Gasteiger partial charge is 0.465 e. The summed E-state index contributed by atoms with van der Waals surface area (Å²) in [4.78, 5) is 11.7. The van der Waals surface area contributed by atoms with E-state index in [-0.39, 0.29) is 24.6 Å². The first-order chi connectivity index (χ1) is 9.27. The standard InChI is InChI=1S/C14H12F3NO2/c1-9-2-4-11(12(6-9)14(15,16)17)5-3-10-7-18(8-10)13(19)20/h2,4,6,10H,7-8H2,1H3,(H,19,20). The highest BCUT2D eigenvalue weighted by Gasteiger charge is 2.33. The van der Waals surface area contributed by atoms with Crippen molar-refractivity contribution in [3.05, 3.63) is 34.9 Å². The molecule has 1 aromatic rings. The van der Waals surface area contributed by atoms with Crippen LogP contribution in [0.4, 0.5) is 18.0 Å². The number of amides is 1. The fraction of sp³-hybridized carbons (Fsp3) is 0.357. The monoisotopic (exact) mass is 283 g/mol. The lowest BCUT2D eigenvalue weighted by Crippen LogP contribution is -2.48. The summed E-state index contributed by atoms with van der Waals surface area (Å²) in [6, 6.07) is 3.98. The molecule has 1 saturated heterocycles. The van der Waals surface area contributed by atoms with E-state index in [1.165, 1.54) is 11.0 Å². The first-order valence-electron chi connectivity index (χ1n) is 5.94. The molecule has 1 N–H and O–H groups in total. The van der Waals surface area contributed by atoms with E-state index in [2.05, 4.69) is 11.8 Å². The Morgan fingerprint density at radius 3 is 2.60 bits per heavy atom. The van der Waals surface area contributed by atoms with Gasteiger partial charge in [0.15, 0.2) is 0 Å². The van der Waals surface area contributed by atoms with Gasteiger partial charge in [0.25, 0.3) is 0 Å². The zero-order valence-corrected chi connectivity index (χ0v) is 10.7. The van der Waals surface area contributed by atoms with E-state index in [0.29, 0.717) is 5.56 Å². The number of carboxylic acid groups (broad SMARTS) is 1. The topological polar surface area (TPSA) is 40.5 Å². The molecule has 106 valence electrons. The summed E-state index contributed by atoms with van der Waals surface area (Å²) >= 11 is 0. The number of carbonyl (C=O) groups is 1. The van der Waals surface area contributed by atoms with Gasteiger partial charge in [-0.3, -0.25) is 0 Å². The van der Waals surface area contributed by atoms with Gasteiger partial charge in [0, 0.05) is 18.7 Å². The summed E-state index contributed by atoms with van der Waals surface area (Å²) in [7, 11) is 0. The molecule has 6 heteroatoms. The number of halogens is 3. The molecule has 1 aliphatic rings. The number of likely N-dealkylation sites (tertiary alicyclic amines) is 1. The van der Waals surface area contributed by atoms with Gasteiger partial charge >= 0.3 is 12.3 Å². The van der Waals surface area contributed by atoms with Crippen LogP contribution in [0.15, 0.2) is 18.2 Å². The number of rotatable bonds is 0. The normalized spacial score (nSPS) is 15.3. The van der Waals surface area contributed by atoms with Crippen molar-refractivity contribution in [1.82, 2.24) is 4.90 Å². The Balaban J connectivity index is 2.17. The molecular formula is C14H12F3NO2. The van der Waals surface area contributed by atoms with Crippen molar-refractivity contribution in [3.8, 4) is 11.8 Å². The van der Waals surface area contributed by atoms with Crippen molar-refractivity contribution in [2.24, 2.45) is 5.92 Å². The maximum Gasteiger partial charge on any atom is 0.417 e. The molecular weight excluding hydrogens is 271 g/mol. The van der Waals surface area contributed by atoms with E-state index in [4.69, 9.17) is 5.11 Å². The van der Waals surface area contributed by atoms with Crippen LogP contribution in [0.25, 0.3) is 0 Å². The van der Waals surface area contributed by atoms with E-state index in [9.17, 15) is 18.0 Å². The van der Waals surface area contributed by atoms with E-state index >= 15 is 0 Å². The predicted octanol–water partition coefficient (Wildman–Crippen LogP) is 2.98. The quantitative estimate of drug-likeness (QED) is 0.744. The average molecular weight is 283 g/mol. The highest BCUT2D eigenvalue weighted by atomic mass is 19.4. The molecule has 0 aromatic heterocycles. The molecule has 0 atom stereocenters. The summed E-state index contributed by atoms with van der Waals surface area (Å²) in [6.07, 6.45) is -5.47. The third-order valence-corrected chi connectivity index (χ3v) is 3.04. The van der Waals surface area contributed by atoms with Gasteiger partial charge in [-0.2, -0.15) is 13.2 Å². The van der Waals surface area contributed by atoms with E-state index in [0.717, 1.165) is 6.07 Å². The molecule has 0 bridgehead atoms. The SMILES string of the molecule is Cc1ccc(C#CC2CN(C(=O)O)C2)c(C(F)(F)F)c1. The van der Waals surface area contributed by atoms with Gasteiger partial charge in [0.2, 0.25) is 0 Å². The van der Waals surface area contributed by atoms with Crippen LogP contribution in [0.1, 0.15) is 16.7 Å². The van der Waals surface area contributed by atoms with Gasteiger partial charge in [-0.05, 0) is 19.1 Å². The summed E-state index contributed by atoms with van der Waals surface area (Å²) in [6.45, 7) is 2.08. The lowest BCUT2D eigenvalue weighted by atomic mass is 9.99. The Bertz CT molecular complexity index is 593. The number of aryl methyl sites for hydroxylation is 1. The smallest absolute Gasteiger partial charge is 0.417 e. The lowest BCUT2D eigenvalue weighted by molar-refractivity contribution is -0.137. The van der Waals surface area contributed by atoms with Crippen molar-refractivity contribution >= 4 is 6.09 Å². The van der Waals surface area contributed by atoms with E-state index in [1.54, 1.807) is 13.0 Å². The maximum atomic E-state index is 12.9. The van der Waals surface area contributed by atoms with Crippen LogP contribution in [0.3, 0.4) is 0 Å². The van der Waals surface area contributed by atoms with Gasteiger partial charge in [-0.1, -0.05) is 23.5 Å². The second kappa shape index (κ2) is 5.08. The van der Waals surface area contributed by atoms with Crippen molar-refractivity contribution in [2.45, 2.75) is 13.1 Å². The number of hydrogen-bond acceptors (Lipinski definition) is 1. The molecule has 2 rings (SSSR count). The Morgan fingerprint density at radius 1 is 1.40 bits per heavy atom. The number of alkyl halides is 3. The van der Waals surface area contributed by atoms with Gasteiger partial charge in [-0.15, -0.1) is 0 Å². The third kappa shape index (κ3) is 3.05. The minimum absolute atomic E-state index is 0.0723. The van der Waals surface area contributed by atoms with Gasteiger partial charge < -0.3 is 10.0 Å². The predicted molar refractivity (Wildman–Crippen MR) is 66.1 cm³/mol. The van der Waals surface area contributed by atoms with Gasteiger partial charge in [-0.25, -0.2) is 4.79 Å². The third-order valence-electron chi connectivity index (χ3n) is 3.04. The second-order valence-electron chi connectivity index (χ2n) is 4.70. The highest BCUT2D eigenvalue weighted by molar-refractivity contribution is 5.66. The molecule has 1 aliphatic heterocycles. The zero-order chi connectivity index (χ0) is 14.9. The summed E-state index contributed by atoms with van der Waals surface area (Å²) in [5.74, 6) is 5.02. The average Bonchev–Trinajstić information content (AvgIpc) is 2.26. The molecule has 1 aromatic carbocycles. The molecule has 0 radical (unpaired) electrons. The zero-order valence-electron chi connectivity index (χ0n) is 10.7.